The van der Waals surface area contributed by atoms with Crippen LogP contribution in [0.3, 0.4) is 0 Å². The van der Waals surface area contributed by atoms with Crippen LogP contribution in [-0.2, 0) is 24.7 Å². The van der Waals surface area contributed by atoms with Crippen molar-refractivity contribution in [2.75, 3.05) is 0 Å². The minimum atomic E-state index is -4.73. The highest BCUT2D eigenvalue weighted by molar-refractivity contribution is 5.73. The summed E-state index contributed by atoms with van der Waals surface area (Å²) in [6, 6.07) is 13.6. The standard InChI is InChI=1S/2C16H12F6/c1-9-3-5-11(7-13(9)15(17,18)19)12-6-4-10(2)14(8-12)16(20,21)22;1-9-3-5-11(13(7-9)15(17,18)19)12-6-4-10(2)8-14(12)16(20,21)22/h2*3-8H,1-2H3. The molecule has 0 heterocycles. The molecule has 0 spiro atoms. The van der Waals surface area contributed by atoms with Gasteiger partial charge in [0.15, 0.2) is 0 Å². The third-order valence-electron chi connectivity index (χ3n) is 6.67. The quantitative estimate of drug-likeness (QED) is 0.192. The molecule has 4 rings (SSSR count). The summed E-state index contributed by atoms with van der Waals surface area (Å²) in [6.45, 7) is 5.53. The molecule has 0 radical (unpaired) electrons. The number of benzene rings is 4. The van der Waals surface area contributed by atoms with Crippen molar-refractivity contribution in [3.05, 3.63) is 117 Å². The van der Waals surface area contributed by atoms with Gasteiger partial charge in [0.05, 0.1) is 22.3 Å². The Kier molecular flexibility index (Phi) is 9.58. The molecule has 0 aliphatic carbocycles. The van der Waals surface area contributed by atoms with E-state index in [0.717, 1.165) is 36.4 Å². The maximum absolute atomic E-state index is 13.1. The summed E-state index contributed by atoms with van der Waals surface area (Å²) in [7, 11) is 0. The molecular formula is C32H24F12. The molecule has 0 aliphatic rings. The second kappa shape index (κ2) is 12.2. The molecule has 236 valence electrons. The number of hydrogen-bond donors (Lipinski definition) is 0. The Balaban J connectivity index is 0.000000240. The second-order valence-electron chi connectivity index (χ2n) is 10.1. The zero-order valence-electron chi connectivity index (χ0n) is 23.5. The molecule has 4 aromatic carbocycles. The lowest BCUT2D eigenvalue weighted by Gasteiger charge is -2.18. The van der Waals surface area contributed by atoms with Gasteiger partial charge in [0.25, 0.3) is 0 Å². The fourth-order valence-electron chi connectivity index (χ4n) is 4.47. The van der Waals surface area contributed by atoms with Crippen molar-refractivity contribution in [2.24, 2.45) is 0 Å². The molecule has 0 N–H and O–H groups in total. The van der Waals surface area contributed by atoms with Crippen LogP contribution >= 0.6 is 0 Å². The van der Waals surface area contributed by atoms with Crippen LogP contribution in [0.5, 0.6) is 0 Å². The summed E-state index contributed by atoms with van der Waals surface area (Å²) >= 11 is 0. The summed E-state index contributed by atoms with van der Waals surface area (Å²) in [6.07, 6.45) is -18.5. The molecule has 0 nitrogen and oxygen atoms in total. The van der Waals surface area contributed by atoms with Crippen molar-refractivity contribution >= 4 is 0 Å². The summed E-state index contributed by atoms with van der Waals surface area (Å²) in [5.41, 5.74) is -3.85. The topological polar surface area (TPSA) is 0 Å². The largest absolute Gasteiger partial charge is 0.417 e. The Morgan fingerprint density at radius 1 is 0.341 bits per heavy atom. The van der Waals surface area contributed by atoms with Crippen LogP contribution in [0.15, 0.2) is 72.8 Å². The first-order chi connectivity index (χ1) is 20.0. The van der Waals surface area contributed by atoms with E-state index in [9.17, 15) is 52.7 Å². The predicted molar refractivity (Wildman–Crippen MR) is 143 cm³/mol. The molecule has 44 heavy (non-hydrogen) atoms. The van der Waals surface area contributed by atoms with Gasteiger partial charge in [0.2, 0.25) is 0 Å². The van der Waals surface area contributed by atoms with Gasteiger partial charge < -0.3 is 0 Å². The zero-order chi connectivity index (χ0) is 33.4. The van der Waals surface area contributed by atoms with E-state index in [1.54, 1.807) is 0 Å². The van der Waals surface area contributed by atoms with Gasteiger partial charge in [0.1, 0.15) is 0 Å². The lowest BCUT2D eigenvalue weighted by molar-refractivity contribution is -0.139. The Morgan fingerprint density at radius 3 is 0.909 bits per heavy atom. The smallest absolute Gasteiger partial charge is 0.166 e. The average molecular weight is 637 g/mol. The van der Waals surface area contributed by atoms with Gasteiger partial charge in [0, 0.05) is 0 Å². The normalized spacial score (nSPS) is 12.5. The van der Waals surface area contributed by atoms with Gasteiger partial charge in [-0.15, -0.1) is 0 Å². The van der Waals surface area contributed by atoms with Crippen LogP contribution in [0, 0.1) is 27.7 Å². The third-order valence-corrected chi connectivity index (χ3v) is 6.67. The molecule has 0 atom stereocenters. The third kappa shape index (κ3) is 8.15. The van der Waals surface area contributed by atoms with Gasteiger partial charge in [-0.3, -0.25) is 0 Å². The fourth-order valence-corrected chi connectivity index (χ4v) is 4.47. The van der Waals surface area contributed by atoms with Gasteiger partial charge >= 0.3 is 24.7 Å². The second-order valence-corrected chi connectivity index (χ2v) is 10.1. The predicted octanol–water partition coefficient (Wildman–Crippen LogP) is 12.0. The molecule has 0 bridgehead atoms. The summed E-state index contributed by atoms with van der Waals surface area (Å²) in [5, 5.41) is 0. The van der Waals surface area contributed by atoms with Crippen molar-refractivity contribution in [3.8, 4) is 22.3 Å². The van der Waals surface area contributed by atoms with Gasteiger partial charge in [-0.05, 0) is 85.3 Å². The Bertz CT molecular complexity index is 1510. The van der Waals surface area contributed by atoms with Crippen molar-refractivity contribution in [2.45, 2.75) is 52.4 Å². The lowest BCUT2D eigenvalue weighted by Crippen LogP contribution is -2.11. The van der Waals surface area contributed by atoms with Gasteiger partial charge in [-0.1, -0.05) is 59.7 Å². The zero-order valence-corrected chi connectivity index (χ0v) is 23.5. The molecule has 0 fully saturated rings. The monoisotopic (exact) mass is 636 g/mol. The summed E-state index contributed by atoms with van der Waals surface area (Å²) in [4.78, 5) is 0. The van der Waals surface area contributed by atoms with Crippen molar-refractivity contribution in [1.29, 1.82) is 0 Å². The first kappa shape index (κ1) is 34.5. The van der Waals surface area contributed by atoms with E-state index in [0.29, 0.717) is 11.1 Å². The van der Waals surface area contributed by atoms with Gasteiger partial charge in [-0.2, -0.15) is 52.7 Å². The molecule has 0 amide bonds. The van der Waals surface area contributed by atoms with Crippen LogP contribution in [-0.4, -0.2) is 0 Å². The summed E-state index contributed by atoms with van der Waals surface area (Å²) < 4.78 is 156. The van der Waals surface area contributed by atoms with E-state index in [4.69, 9.17) is 0 Å². The van der Waals surface area contributed by atoms with Crippen LogP contribution in [0.1, 0.15) is 44.5 Å². The number of aryl methyl sites for hydroxylation is 4. The highest BCUT2D eigenvalue weighted by Crippen LogP contribution is 2.43. The molecule has 0 saturated heterocycles. The number of hydrogen-bond acceptors (Lipinski definition) is 0. The van der Waals surface area contributed by atoms with Crippen molar-refractivity contribution in [3.63, 3.8) is 0 Å². The van der Waals surface area contributed by atoms with Gasteiger partial charge in [-0.25, -0.2) is 0 Å². The van der Waals surface area contributed by atoms with E-state index in [2.05, 4.69) is 0 Å². The maximum Gasteiger partial charge on any atom is 0.417 e. The molecule has 0 aromatic heterocycles. The fraction of sp³-hybridized carbons (Fsp3) is 0.250. The SMILES string of the molecule is Cc1ccc(-c2ccc(C)c(C(F)(F)F)c2)cc1C(F)(F)F.Cc1ccc(-c2ccc(C)cc2C(F)(F)F)c(C(F)(F)F)c1. The lowest BCUT2D eigenvalue weighted by atomic mass is 9.92. The molecule has 0 aliphatic heterocycles. The van der Waals surface area contributed by atoms with Crippen LogP contribution in [0.2, 0.25) is 0 Å². The Hall–Kier alpha value is -3.96. The van der Waals surface area contributed by atoms with Crippen LogP contribution < -0.4 is 0 Å². The highest BCUT2D eigenvalue weighted by Gasteiger charge is 2.38. The molecule has 4 aromatic rings. The molecule has 0 unspecified atom stereocenters. The molecule has 0 saturated carbocycles. The van der Waals surface area contributed by atoms with E-state index >= 15 is 0 Å². The van der Waals surface area contributed by atoms with E-state index < -0.39 is 58.1 Å². The Labute approximate surface area is 245 Å². The minimum Gasteiger partial charge on any atom is -0.166 e. The van der Waals surface area contributed by atoms with Crippen LogP contribution in [0.4, 0.5) is 52.7 Å². The summed E-state index contributed by atoms with van der Waals surface area (Å²) in [5.74, 6) is 0. The average Bonchev–Trinajstić information content (AvgIpc) is 2.87. The number of alkyl halides is 12. The highest BCUT2D eigenvalue weighted by atomic mass is 19.4. The Morgan fingerprint density at radius 2 is 0.636 bits per heavy atom. The van der Waals surface area contributed by atoms with E-state index in [-0.39, 0.29) is 22.3 Å². The first-order valence-electron chi connectivity index (χ1n) is 12.7. The van der Waals surface area contributed by atoms with E-state index in [1.807, 2.05) is 0 Å². The minimum absolute atomic E-state index is 0.0272. The number of rotatable bonds is 2. The number of halogens is 12. The first-order valence-corrected chi connectivity index (χ1v) is 12.7. The van der Waals surface area contributed by atoms with E-state index in [1.165, 1.54) is 64.1 Å². The maximum atomic E-state index is 13.1. The molecule has 12 heteroatoms. The van der Waals surface area contributed by atoms with Crippen molar-refractivity contribution < 1.29 is 52.7 Å². The van der Waals surface area contributed by atoms with Crippen molar-refractivity contribution in [1.82, 2.24) is 0 Å². The van der Waals surface area contributed by atoms with Crippen LogP contribution in [0.25, 0.3) is 22.3 Å². The molecular weight excluding hydrogens is 612 g/mol.